The summed E-state index contributed by atoms with van der Waals surface area (Å²) in [5, 5.41) is 0.663. The Balaban J connectivity index is 1.81. The third kappa shape index (κ3) is 6.45. The molecule has 4 nitrogen and oxygen atoms in total. The summed E-state index contributed by atoms with van der Waals surface area (Å²) < 4.78 is 0. The lowest BCUT2D eigenvalue weighted by Gasteiger charge is -2.27. The normalized spacial score (nSPS) is 10.6. The summed E-state index contributed by atoms with van der Waals surface area (Å²) in [6, 6.07) is 18.6. The zero-order valence-corrected chi connectivity index (χ0v) is 20.1. The van der Waals surface area contributed by atoms with Crippen molar-refractivity contribution in [2.24, 2.45) is 0 Å². The van der Waals surface area contributed by atoms with Crippen molar-refractivity contribution in [3.05, 3.63) is 104 Å². The van der Waals surface area contributed by atoms with Gasteiger partial charge in [-0.15, -0.1) is 17.9 Å². The van der Waals surface area contributed by atoms with Crippen molar-refractivity contribution in [1.29, 1.82) is 0 Å². The minimum absolute atomic E-state index is 0.0672. The number of rotatable bonds is 9. The van der Waals surface area contributed by atoms with Crippen molar-refractivity contribution in [1.82, 2.24) is 9.80 Å². The van der Waals surface area contributed by atoms with Crippen LogP contribution in [0.25, 0.3) is 0 Å². The van der Waals surface area contributed by atoms with Crippen molar-refractivity contribution in [3.8, 4) is 0 Å². The molecule has 1 aromatic heterocycles. The predicted molar refractivity (Wildman–Crippen MR) is 132 cm³/mol. The first kappa shape index (κ1) is 24.1. The molecule has 1 heterocycles. The second-order valence-corrected chi connectivity index (χ2v) is 9.54. The van der Waals surface area contributed by atoms with Gasteiger partial charge in [-0.25, -0.2) is 0 Å². The lowest BCUT2D eigenvalue weighted by Crippen LogP contribution is -2.42. The Morgan fingerprint density at radius 2 is 1.72 bits per heavy atom. The molecule has 0 aliphatic rings. The first-order chi connectivity index (χ1) is 15.4. The van der Waals surface area contributed by atoms with Gasteiger partial charge in [0.05, 0.1) is 16.6 Å². The minimum Gasteiger partial charge on any atom is -0.332 e. The average Bonchev–Trinajstić information content (AvgIpc) is 3.19. The van der Waals surface area contributed by atoms with Gasteiger partial charge in [0.25, 0.3) is 5.91 Å². The monoisotopic (exact) mass is 486 g/mol. The highest BCUT2D eigenvalue weighted by atomic mass is 35.5. The Morgan fingerprint density at radius 1 is 0.969 bits per heavy atom. The van der Waals surface area contributed by atoms with Crippen LogP contribution in [-0.4, -0.2) is 34.7 Å². The molecule has 166 valence electrons. The van der Waals surface area contributed by atoms with E-state index >= 15 is 0 Å². The van der Waals surface area contributed by atoms with Gasteiger partial charge >= 0.3 is 0 Å². The number of nitrogens with zero attached hydrogens (tertiary/aromatic N) is 2. The molecule has 0 spiro atoms. The van der Waals surface area contributed by atoms with Crippen LogP contribution in [0.15, 0.2) is 73.3 Å². The molecule has 2 aromatic carbocycles. The number of halogens is 2. The van der Waals surface area contributed by atoms with Crippen LogP contribution in [-0.2, 0) is 17.9 Å². The van der Waals surface area contributed by atoms with Crippen LogP contribution < -0.4 is 0 Å². The maximum Gasteiger partial charge on any atom is 0.254 e. The largest absolute Gasteiger partial charge is 0.332 e. The van der Waals surface area contributed by atoms with E-state index in [-0.39, 0.29) is 24.9 Å². The van der Waals surface area contributed by atoms with E-state index in [1.165, 1.54) is 15.8 Å². The second-order valence-electron chi connectivity index (χ2n) is 7.35. The third-order valence-electron chi connectivity index (χ3n) is 4.84. The van der Waals surface area contributed by atoms with Crippen molar-refractivity contribution >= 4 is 46.4 Å². The van der Waals surface area contributed by atoms with Gasteiger partial charge in [-0.1, -0.05) is 59.6 Å². The van der Waals surface area contributed by atoms with Crippen molar-refractivity contribution in [2.45, 2.75) is 20.0 Å². The molecular formula is C25H24Cl2N2O2S. The standard InChI is InChI=1S/C25H24Cl2N2O2S/c1-3-13-28(25(31)20-10-12-22(26)23(27)14-20)17-24(30)29(15-19-7-5-4-6-8-19)16-21-11-9-18(2)32-21/h3-12,14H,1,13,15-17H2,2H3. The average molecular weight is 487 g/mol. The number of thiophene rings is 1. The van der Waals surface area contributed by atoms with E-state index in [1.807, 2.05) is 49.4 Å². The van der Waals surface area contributed by atoms with Gasteiger partial charge in [0.15, 0.2) is 0 Å². The maximum absolute atomic E-state index is 13.4. The molecule has 2 amide bonds. The number of carbonyl (C=O) groups excluding carboxylic acids is 2. The van der Waals surface area contributed by atoms with Gasteiger partial charge in [-0.3, -0.25) is 9.59 Å². The molecule has 3 rings (SSSR count). The SMILES string of the molecule is C=CCN(CC(=O)N(Cc1ccccc1)Cc1ccc(C)s1)C(=O)c1ccc(Cl)c(Cl)c1. The third-order valence-corrected chi connectivity index (χ3v) is 6.57. The molecule has 0 unspecified atom stereocenters. The van der Waals surface area contributed by atoms with E-state index in [0.717, 1.165) is 10.4 Å². The van der Waals surface area contributed by atoms with E-state index in [1.54, 1.807) is 34.4 Å². The van der Waals surface area contributed by atoms with Crippen LogP contribution in [0.4, 0.5) is 0 Å². The number of hydrogen-bond acceptors (Lipinski definition) is 3. The highest BCUT2D eigenvalue weighted by molar-refractivity contribution is 7.11. The Labute approximate surface area is 202 Å². The highest BCUT2D eigenvalue weighted by Gasteiger charge is 2.23. The molecule has 0 fully saturated rings. The van der Waals surface area contributed by atoms with Crippen LogP contribution in [0, 0.1) is 6.92 Å². The summed E-state index contributed by atoms with van der Waals surface area (Å²) in [4.78, 5) is 32.0. The van der Waals surface area contributed by atoms with Gasteiger partial charge in [0, 0.05) is 28.4 Å². The molecule has 7 heteroatoms. The first-order valence-electron chi connectivity index (χ1n) is 10.1. The Bertz CT molecular complexity index is 1100. The van der Waals surface area contributed by atoms with Crippen molar-refractivity contribution < 1.29 is 9.59 Å². The molecule has 0 aliphatic carbocycles. The summed E-state index contributed by atoms with van der Waals surface area (Å²) in [5.74, 6) is -0.446. The van der Waals surface area contributed by atoms with E-state index in [4.69, 9.17) is 23.2 Å². The number of benzene rings is 2. The number of hydrogen-bond donors (Lipinski definition) is 0. The van der Waals surface area contributed by atoms with Crippen molar-refractivity contribution in [3.63, 3.8) is 0 Å². The molecule has 32 heavy (non-hydrogen) atoms. The fraction of sp³-hybridized carbons (Fsp3) is 0.200. The van der Waals surface area contributed by atoms with Gasteiger partial charge in [-0.05, 0) is 42.8 Å². The fourth-order valence-corrected chi connectivity index (χ4v) is 4.45. The number of carbonyl (C=O) groups is 2. The summed E-state index contributed by atoms with van der Waals surface area (Å²) in [6.45, 7) is 6.89. The molecule has 0 bridgehead atoms. The lowest BCUT2D eigenvalue weighted by atomic mass is 10.2. The molecule has 0 radical (unpaired) electrons. The van der Waals surface area contributed by atoms with E-state index in [9.17, 15) is 9.59 Å². The van der Waals surface area contributed by atoms with Gasteiger partial charge in [0.2, 0.25) is 5.91 Å². The second kappa shape index (κ2) is 11.3. The number of aryl methyl sites for hydroxylation is 1. The van der Waals surface area contributed by atoms with E-state index < -0.39 is 0 Å². The quantitative estimate of drug-likeness (QED) is 0.336. The molecule has 0 N–H and O–H groups in total. The highest BCUT2D eigenvalue weighted by Crippen LogP contribution is 2.24. The van der Waals surface area contributed by atoms with E-state index in [0.29, 0.717) is 28.7 Å². The molecule has 0 aliphatic heterocycles. The summed E-state index contributed by atoms with van der Waals surface area (Å²) in [6.07, 6.45) is 1.60. The zero-order chi connectivity index (χ0) is 23.1. The molecule has 3 aromatic rings. The predicted octanol–water partition coefficient (Wildman–Crippen LogP) is 6.22. The van der Waals surface area contributed by atoms with Crippen LogP contribution in [0.5, 0.6) is 0 Å². The fourth-order valence-electron chi connectivity index (χ4n) is 3.24. The van der Waals surface area contributed by atoms with Gasteiger partial charge < -0.3 is 9.80 Å². The lowest BCUT2D eigenvalue weighted by molar-refractivity contribution is -0.133. The number of amides is 2. The molecule has 0 atom stereocenters. The van der Waals surface area contributed by atoms with Crippen molar-refractivity contribution in [2.75, 3.05) is 13.1 Å². The van der Waals surface area contributed by atoms with Crippen LogP contribution in [0.3, 0.4) is 0 Å². The van der Waals surface area contributed by atoms with E-state index in [2.05, 4.69) is 6.58 Å². The molecular weight excluding hydrogens is 463 g/mol. The summed E-state index contributed by atoms with van der Waals surface area (Å²) in [5.41, 5.74) is 1.40. The summed E-state index contributed by atoms with van der Waals surface area (Å²) in [7, 11) is 0. The summed E-state index contributed by atoms with van der Waals surface area (Å²) >= 11 is 13.7. The topological polar surface area (TPSA) is 40.6 Å². The van der Waals surface area contributed by atoms with Gasteiger partial charge in [0.1, 0.15) is 6.54 Å². The molecule has 0 saturated heterocycles. The Kier molecular flexibility index (Phi) is 8.51. The Hall–Kier alpha value is -2.60. The van der Waals surface area contributed by atoms with Gasteiger partial charge in [-0.2, -0.15) is 0 Å². The Morgan fingerprint density at radius 3 is 2.34 bits per heavy atom. The minimum atomic E-state index is -0.302. The maximum atomic E-state index is 13.4. The van der Waals surface area contributed by atoms with Crippen LogP contribution in [0.1, 0.15) is 25.7 Å². The first-order valence-corrected chi connectivity index (χ1v) is 11.7. The van der Waals surface area contributed by atoms with Crippen LogP contribution >= 0.6 is 34.5 Å². The smallest absolute Gasteiger partial charge is 0.254 e. The zero-order valence-electron chi connectivity index (χ0n) is 17.8. The van der Waals surface area contributed by atoms with Crippen LogP contribution in [0.2, 0.25) is 10.0 Å². The molecule has 0 saturated carbocycles.